The fourth-order valence-corrected chi connectivity index (χ4v) is 1.91. The number of rotatable bonds is 6. The molecule has 1 amide bonds. The van der Waals surface area contributed by atoms with Crippen LogP contribution in [-0.4, -0.2) is 37.6 Å². The summed E-state index contributed by atoms with van der Waals surface area (Å²) in [5.74, 6) is -2.80. The Kier molecular flexibility index (Phi) is 6.18. The summed E-state index contributed by atoms with van der Waals surface area (Å²) in [5, 5.41) is 11.6. The van der Waals surface area contributed by atoms with E-state index >= 15 is 0 Å². The van der Waals surface area contributed by atoms with Crippen LogP contribution in [0.2, 0.25) is 0 Å². The average molecular weight is 330 g/mol. The number of allylic oxidation sites excluding steroid dienone is 1. The van der Waals surface area contributed by atoms with Crippen LogP contribution in [0.5, 0.6) is 11.5 Å². The van der Waals surface area contributed by atoms with Crippen LogP contribution >= 0.6 is 0 Å². The van der Waals surface area contributed by atoms with Gasteiger partial charge in [0.25, 0.3) is 5.91 Å². The number of ether oxygens (including phenoxy) is 1. The molecule has 0 radical (unpaired) electrons. The third kappa shape index (κ3) is 4.73. The van der Waals surface area contributed by atoms with Crippen LogP contribution < -0.4 is 10.1 Å². The minimum absolute atomic E-state index is 0.0481. The highest BCUT2D eigenvalue weighted by atomic mass is 19.4. The molecular formula is C15H17F3N2O3. The van der Waals surface area contributed by atoms with Gasteiger partial charge in [-0.2, -0.15) is 13.2 Å². The van der Waals surface area contributed by atoms with Gasteiger partial charge >= 0.3 is 6.18 Å². The number of methoxy groups -OCH3 is 1. The number of phenols is 1. The molecule has 1 rings (SSSR count). The van der Waals surface area contributed by atoms with Gasteiger partial charge in [0.05, 0.1) is 7.11 Å². The Morgan fingerprint density at radius 2 is 2.17 bits per heavy atom. The number of alkyl halides is 3. The molecule has 126 valence electrons. The zero-order valence-electron chi connectivity index (χ0n) is 12.6. The minimum atomic E-state index is -4.57. The van der Waals surface area contributed by atoms with E-state index < -0.39 is 24.5 Å². The fraction of sp³-hybridized carbons (Fsp3) is 0.333. The highest BCUT2D eigenvalue weighted by Gasteiger charge is 2.42. The first-order valence-corrected chi connectivity index (χ1v) is 6.59. The normalized spacial score (nSPS) is 13.3. The third-order valence-corrected chi connectivity index (χ3v) is 3.14. The van der Waals surface area contributed by atoms with Gasteiger partial charge in [0, 0.05) is 17.8 Å². The number of aromatic hydroxyl groups is 1. The largest absolute Gasteiger partial charge is 0.504 e. The number of carbonyl (C=O) groups excluding carboxylic acids is 1. The lowest BCUT2D eigenvalue weighted by Crippen LogP contribution is -2.37. The maximum Gasteiger partial charge on any atom is 0.398 e. The highest BCUT2D eigenvalue weighted by molar-refractivity contribution is 5.94. The van der Waals surface area contributed by atoms with Crippen LogP contribution in [0.3, 0.4) is 0 Å². The summed E-state index contributed by atoms with van der Waals surface area (Å²) in [4.78, 5) is 15.3. The summed E-state index contributed by atoms with van der Waals surface area (Å²) in [5.41, 5.74) is -0.199. The van der Waals surface area contributed by atoms with Crippen molar-refractivity contribution in [1.82, 2.24) is 5.32 Å². The average Bonchev–Trinajstić information content (AvgIpc) is 2.50. The Morgan fingerprint density at radius 3 is 2.65 bits per heavy atom. The van der Waals surface area contributed by atoms with Gasteiger partial charge in [-0.25, -0.2) is 0 Å². The van der Waals surface area contributed by atoms with E-state index in [-0.39, 0.29) is 22.8 Å². The summed E-state index contributed by atoms with van der Waals surface area (Å²) in [7, 11) is 1.30. The molecule has 5 nitrogen and oxygen atoms in total. The lowest BCUT2D eigenvalue weighted by molar-refractivity contribution is -0.162. The first-order valence-electron chi connectivity index (χ1n) is 6.59. The molecular weight excluding hydrogens is 313 g/mol. The van der Waals surface area contributed by atoms with Gasteiger partial charge < -0.3 is 15.2 Å². The molecule has 23 heavy (non-hydrogen) atoms. The SMILES string of the molecule is C=N/C(=C\C)C(CNC(=O)c1ccc(O)c(OC)c1)C(F)(F)F. The van der Waals surface area contributed by atoms with Crippen LogP contribution in [0.1, 0.15) is 17.3 Å². The molecule has 1 unspecified atom stereocenters. The van der Waals surface area contributed by atoms with Crippen molar-refractivity contribution in [1.29, 1.82) is 0 Å². The Morgan fingerprint density at radius 1 is 1.52 bits per heavy atom. The number of nitrogens with one attached hydrogen (secondary N) is 1. The van der Waals surface area contributed by atoms with Crippen molar-refractivity contribution >= 4 is 12.6 Å². The lowest BCUT2D eigenvalue weighted by atomic mass is 10.0. The molecule has 0 aliphatic heterocycles. The highest BCUT2D eigenvalue weighted by Crippen LogP contribution is 2.32. The van der Waals surface area contributed by atoms with Crippen LogP contribution in [0.4, 0.5) is 13.2 Å². The Hall–Kier alpha value is -2.51. The molecule has 0 aliphatic rings. The number of hydrogen-bond donors (Lipinski definition) is 2. The predicted molar refractivity (Wildman–Crippen MR) is 79.8 cm³/mol. The molecule has 0 bridgehead atoms. The third-order valence-electron chi connectivity index (χ3n) is 3.14. The maximum absolute atomic E-state index is 13.0. The van der Waals surface area contributed by atoms with Crippen LogP contribution in [-0.2, 0) is 0 Å². The van der Waals surface area contributed by atoms with E-state index in [1.807, 2.05) is 0 Å². The maximum atomic E-state index is 13.0. The molecule has 0 aromatic heterocycles. The standard InChI is InChI=1S/C15H17F3N2O3/c1-4-11(19-2)10(15(16,17)18)8-20-14(22)9-5-6-12(21)13(7-9)23-3/h4-7,10,21H,2,8H2,1,3H3,(H,20,22)/b11-4-. The number of phenolic OH excluding ortho intramolecular Hbond substituents is 1. The molecule has 0 heterocycles. The second-order valence-corrected chi connectivity index (χ2v) is 4.56. The smallest absolute Gasteiger partial charge is 0.398 e. The predicted octanol–water partition coefficient (Wildman–Crippen LogP) is 2.91. The number of halogens is 3. The van der Waals surface area contributed by atoms with Gasteiger partial charge in [0.2, 0.25) is 0 Å². The van der Waals surface area contributed by atoms with Crippen molar-refractivity contribution in [2.45, 2.75) is 13.1 Å². The summed E-state index contributed by atoms with van der Waals surface area (Å²) in [6, 6.07) is 3.73. The minimum Gasteiger partial charge on any atom is -0.504 e. The van der Waals surface area contributed by atoms with Crippen LogP contribution in [0.25, 0.3) is 0 Å². The summed E-state index contributed by atoms with van der Waals surface area (Å²) in [6.07, 6.45) is -3.37. The molecule has 0 fully saturated rings. The van der Waals surface area contributed by atoms with Crippen molar-refractivity contribution in [2.75, 3.05) is 13.7 Å². The molecule has 8 heteroatoms. The molecule has 1 aromatic carbocycles. The number of hydrogen-bond acceptors (Lipinski definition) is 4. The number of aliphatic imine (C=N–C) groups is 1. The van der Waals surface area contributed by atoms with Crippen molar-refractivity contribution in [3.8, 4) is 11.5 Å². The summed E-state index contributed by atoms with van der Waals surface area (Å²) < 4.78 is 44.0. The van der Waals surface area contributed by atoms with E-state index in [1.54, 1.807) is 0 Å². The molecule has 0 aliphatic carbocycles. The molecule has 1 aromatic rings. The van der Waals surface area contributed by atoms with E-state index in [9.17, 15) is 23.1 Å². The van der Waals surface area contributed by atoms with Crippen molar-refractivity contribution in [2.24, 2.45) is 10.9 Å². The molecule has 0 saturated heterocycles. The van der Waals surface area contributed by atoms with Gasteiger partial charge in [-0.3, -0.25) is 9.79 Å². The first kappa shape index (κ1) is 18.5. The van der Waals surface area contributed by atoms with Crippen LogP contribution in [0, 0.1) is 5.92 Å². The number of carbonyl (C=O) groups is 1. The Bertz CT molecular complexity index is 612. The molecule has 0 spiro atoms. The van der Waals surface area contributed by atoms with Crippen molar-refractivity contribution in [3.63, 3.8) is 0 Å². The van der Waals surface area contributed by atoms with E-state index in [0.717, 1.165) is 0 Å². The monoisotopic (exact) mass is 330 g/mol. The zero-order valence-corrected chi connectivity index (χ0v) is 12.6. The molecule has 0 saturated carbocycles. The van der Waals surface area contributed by atoms with Gasteiger partial charge in [0.1, 0.15) is 5.92 Å². The van der Waals surface area contributed by atoms with E-state index in [0.29, 0.717) is 0 Å². The zero-order chi connectivity index (χ0) is 17.6. The van der Waals surface area contributed by atoms with Gasteiger partial charge in [0.15, 0.2) is 11.5 Å². The second-order valence-electron chi connectivity index (χ2n) is 4.56. The number of amides is 1. The van der Waals surface area contributed by atoms with E-state index in [4.69, 9.17) is 4.74 Å². The molecule has 1 atom stereocenters. The fourth-order valence-electron chi connectivity index (χ4n) is 1.91. The van der Waals surface area contributed by atoms with E-state index in [1.165, 1.54) is 38.3 Å². The first-order chi connectivity index (χ1) is 10.7. The van der Waals surface area contributed by atoms with Crippen molar-refractivity contribution < 1.29 is 27.8 Å². The van der Waals surface area contributed by atoms with Crippen LogP contribution in [0.15, 0.2) is 35.0 Å². The van der Waals surface area contributed by atoms with Crippen molar-refractivity contribution in [3.05, 3.63) is 35.5 Å². The number of nitrogens with zero attached hydrogens (tertiary/aromatic N) is 1. The lowest BCUT2D eigenvalue weighted by Gasteiger charge is -2.21. The summed E-state index contributed by atoms with van der Waals surface area (Å²) in [6.45, 7) is 3.84. The van der Waals surface area contributed by atoms with Gasteiger partial charge in [-0.05, 0) is 31.8 Å². The second kappa shape index (κ2) is 7.66. The van der Waals surface area contributed by atoms with Gasteiger partial charge in [-0.1, -0.05) is 6.08 Å². The quantitative estimate of drug-likeness (QED) is 0.788. The topological polar surface area (TPSA) is 70.9 Å². The Labute approximate surface area is 131 Å². The van der Waals surface area contributed by atoms with E-state index in [2.05, 4.69) is 17.0 Å². The summed E-state index contributed by atoms with van der Waals surface area (Å²) >= 11 is 0. The Balaban J connectivity index is 2.90. The molecule has 2 N–H and O–H groups in total. The number of benzene rings is 1. The van der Waals surface area contributed by atoms with Gasteiger partial charge in [-0.15, -0.1) is 0 Å².